The lowest BCUT2D eigenvalue weighted by molar-refractivity contribution is -0.119. The second-order valence-corrected chi connectivity index (χ2v) is 9.65. The van der Waals surface area contributed by atoms with E-state index >= 15 is 0 Å². The standard InChI is InChI=1S/C14H20N2O5S2/c1-10(2)8-15-23(20,21)13-6-4-12(5-7-13)16-14(17)11(3)9-22(16,18)19/h4-7,10-11,15H,8-9H2,1-3H3/t11-/m0/s1. The molecule has 2 rings (SSSR count). The van der Waals surface area contributed by atoms with Crippen LogP contribution in [0.1, 0.15) is 20.8 Å². The summed E-state index contributed by atoms with van der Waals surface area (Å²) in [5.74, 6) is -1.17. The van der Waals surface area contributed by atoms with Gasteiger partial charge in [0.05, 0.1) is 22.3 Å². The minimum atomic E-state index is -3.69. The molecule has 1 N–H and O–H groups in total. The van der Waals surface area contributed by atoms with E-state index < -0.39 is 31.9 Å². The Morgan fingerprint density at radius 1 is 1.26 bits per heavy atom. The summed E-state index contributed by atoms with van der Waals surface area (Å²) in [5, 5.41) is 0. The maximum atomic E-state index is 12.1. The van der Waals surface area contributed by atoms with Crippen LogP contribution in [0.2, 0.25) is 0 Å². The van der Waals surface area contributed by atoms with Crippen molar-refractivity contribution in [2.75, 3.05) is 16.6 Å². The van der Waals surface area contributed by atoms with Gasteiger partial charge in [0.2, 0.25) is 26.0 Å². The Bertz CT molecular complexity index is 798. The van der Waals surface area contributed by atoms with Crippen LogP contribution in [0.15, 0.2) is 29.2 Å². The van der Waals surface area contributed by atoms with Gasteiger partial charge in [-0.05, 0) is 30.2 Å². The molecule has 1 atom stereocenters. The fraction of sp³-hybridized carbons (Fsp3) is 0.500. The van der Waals surface area contributed by atoms with Gasteiger partial charge in [-0.2, -0.15) is 0 Å². The van der Waals surface area contributed by atoms with Crippen molar-refractivity contribution >= 4 is 31.6 Å². The second-order valence-electron chi connectivity index (χ2n) is 6.02. The van der Waals surface area contributed by atoms with E-state index in [1.165, 1.54) is 24.3 Å². The number of nitrogens with one attached hydrogen (secondary N) is 1. The Kier molecular flexibility index (Phi) is 4.84. The zero-order chi connectivity index (χ0) is 17.4. The Morgan fingerprint density at radius 3 is 2.26 bits per heavy atom. The van der Waals surface area contributed by atoms with E-state index in [1.807, 2.05) is 13.8 Å². The fourth-order valence-corrected chi connectivity index (χ4v) is 5.24. The van der Waals surface area contributed by atoms with Gasteiger partial charge in [0.15, 0.2) is 0 Å². The average Bonchev–Trinajstić information content (AvgIpc) is 2.65. The first kappa shape index (κ1) is 17.9. The van der Waals surface area contributed by atoms with E-state index in [1.54, 1.807) is 6.92 Å². The number of rotatable bonds is 5. The zero-order valence-corrected chi connectivity index (χ0v) is 14.8. The van der Waals surface area contributed by atoms with Gasteiger partial charge < -0.3 is 0 Å². The van der Waals surface area contributed by atoms with Gasteiger partial charge in [0.1, 0.15) is 0 Å². The van der Waals surface area contributed by atoms with Gasteiger partial charge in [-0.25, -0.2) is 25.9 Å². The van der Waals surface area contributed by atoms with Crippen molar-refractivity contribution in [1.29, 1.82) is 0 Å². The molecule has 0 spiro atoms. The SMILES string of the molecule is CC(C)CNS(=O)(=O)c1ccc(N2C(=O)[C@@H](C)CS2(=O)=O)cc1. The Balaban J connectivity index is 2.28. The number of benzene rings is 1. The summed E-state index contributed by atoms with van der Waals surface area (Å²) < 4.78 is 51.5. The molecule has 1 aliphatic rings. The number of nitrogens with zero attached hydrogens (tertiary/aromatic N) is 1. The zero-order valence-electron chi connectivity index (χ0n) is 13.2. The third kappa shape index (κ3) is 3.73. The summed E-state index contributed by atoms with van der Waals surface area (Å²) >= 11 is 0. The van der Waals surface area contributed by atoms with E-state index in [0.29, 0.717) is 6.54 Å². The van der Waals surface area contributed by atoms with Crippen LogP contribution >= 0.6 is 0 Å². The number of carbonyl (C=O) groups is 1. The van der Waals surface area contributed by atoms with Crippen LogP contribution in [0.25, 0.3) is 0 Å². The van der Waals surface area contributed by atoms with Crippen molar-refractivity contribution in [3.05, 3.63) is 24.3 Å². The minimum Gasteiger partial charge on any atom is -0.273 e. The maximum absolute atomic E-state index is 12.1. The predicted molar refractivity (Wildman–Crippen MR) is 86.9 cm³/mol. The molecule has 1 aromatic carbocycles. The summed E-state index contributed by atoms with van der Waals surface area (Å²) in [6, 6.07) is 5.25. The molecule has 128 valence electrons. The quantitative estimate of drug-likeness (QED) is 0.842. The van der Waals surface area contributed by atoms with E-state index in [9.17, 15) is 21.6 Å². The molecule has 0 radical (unpaired) electrons. The largest absolute Gasteiger partial charge is 0.273 e. The summed E-state index contributed by atoms with van der Waals surface area (Å²) in [6.07, 6.45) is 0. The lowest BCUT2D eigenvalue weighted by Crippen LogP contribution is -2.30. The second kappa shape index (κ2) is 6.21. The number of hydrogen-bond donors (Lipinski definition) is 1. The van der Waals surface area contributed by atoms with Gasteiger partial charge >= 0.3 is 0 Å². The fourth-order valence-electron chi connectivity index (χ4n) is 2.21. The average molecular weight is 360 g/mol. The molecule has 1 saturated heterocycles. The van der Waals surface area contributed by atoms with Crippen LogP contribution in [0.5, 0.6) is 0 Å². The molecule has 1 aliphatic heterocycles. The van der Waals surface area contributed by atoms with Crippen molar-refractivity contribution in [3.8, 4) is 0 Å². The van der Waals surface area contributed by atoms with Crippen molar-refractivity contribution in [3.63, 3.8) is 0 Å². The predicted octanol–water partition coefficient (Wildman–Crippen LogP) is 0.933. The van der Waals surface area contributed by atoms with Gasteiger partial charge in [-0.15, -0.1) is 0 Å². The number of hydrogen-bond acceptors (Lipinski definition) is 5. The molecule has 7 nitrogen and oxygen atoms in total. The van der Waals surface area contributed by atoms with Crippen LogP contribution in [-0.2, 0) is 24.8 Å². The highest BCUT2D eigenvalue weighted by molar-refractivity contribution is 7.94. The lowest BCUT2D eigenvalue weighted by atomic mass is 10.2. The van der Waals surface area contributed by atoms with Crippen LogP contribution in [0, 0.1) is 11.8 Å². The van der Waals surface area contributed by atoms with Gasteiger partial charge in [0, 0.05) is 6.54 Å². The number of anilines is 1. The molecule has 1 amide bonds. The smallest absolute Gasteiger partial charge is 0.244 e. The van der Waals surface area contributed by atoms with E-state index in [-0.39, 0.29) is 22.3 Å². The first-order chi connectivity index (χ1) is 10.5. The Morgan fingerprint density at radius 2 is 1.83 bits per heavy atom. The van der Waals surface area contributed by atoms with Crippen LogP contribution < -0.4 is 9.03 Å². The van der Waals surface area contributed by atoms with Gasteiger partial charge in [0.25, 0.3) is 0 Å². The first-order valence-corrected chi connectivity index (χ1v) is 10.3. The third-order valence-corrected chi connectivity index (χ3v) is 6.73. The van der Waals surface area contributed by atoms with Crippen molar-refractivity contribution in [2.24, 2.45) is 11.8 Å². The van der Waals surface area contributed by atoms with E-state index in [4.69, 9.17) is 0 Å². The number of carbonyl (C=O) groups excluding carboxylic acids is 1. The van der Waals surface area contributed by atoms with E-state index in [0.717, 1.165) is 4.31 Å². The molecule has 0 aliphatic carbocycles. The summed E-state index contributed by atoms with van der Waals surface area (Å²) in [5.41, 5.74) is 0.155. The van der Waals surface area contributed by atoms with Crippen molar-refractivity contribution in [2.45, 2.75) is 25.7 Å². The molecule has 1 fully saturated rings. The highest BCUT2D eigenvalue weighted by Crippen LogP contribution is 2.28. The highest BCUT2D eigenvalue weighted by Gasteiger charge is 2.41. The maximum Gasteiger partial charge on any atom is 0.244 e. The summed E-state index contributed by atoms with van der Waals surface area (Å²) in [6.45, 7) is 5.63. The van der Waals surface area contributed by atoms with Gasteiger partial charge in [-0.3, -0.25) is 4.79 Å². The lowest BCUT2D eigenvalue weighted by Gasteiger charge is -2.16. The first-order valence-electron chi connectivity index (χ1n) is 7.21. The molecule has 0 saturated carbocycles. The molecule has 9 heteroatoms. The number of sulfonamides is 2. The third-order valence-electron chi connectivity index (χ3n) is 3.42. The Hall–Kier alpha value is -1.45. The highest BCUT2D eigenvalue weighted by atomic mass is 32.2. The molecule has 0 bridgehead atoms. The molecular weight excluding hydrogens is 340 g/mol. The Labute approximate surface area is 136 Å². The minimum absolute atomic E-state index is 0.0268. The van der Waals surface area contributed by atoms with Crippen LogP contribution in [0.3, 0.4) is 0 Å². The van der Waals surface area contributed by atoms with Crippen LogP contribution in [0.4, 0.5) is 5.69 Å². The summed E-state index contributed by atoms with van der Waals surface area (Å²) in [7, 11) is -7.34. The molecule has 1 aromatic rings. The normalized spacial score (nSPS) is 21.1. The number of amides is 1. The molecule has 0 unspecified atom stereocenters. The molecular formula is C14H20N2O5S2. The summed E-state index contributed by atoms with van der Waals surface area (Å²) in [4.78, 5) is 12.0. The monoisotopic (exact) mass is 360 g/mol. The van der Waals surface area contributed by atoms with E-state index in [2.05, 4.69) is 4.72 Å². The van der Waals surface area contributed by atoms with Crippen LogP contribution in [-0.4, -0.2) is 35.0 Å². The molecule has 1 heterocycles. The van der Waals surface area contributed by atoms with Crippen molar-refractivity contribution < 1.29 is 21.6 Å². The van der Waals surface area contributed by atoms with Gasteiger partial charge in [-0.1, -0.05) is 20.8 Å². The topological polar surface area (TPSA) is 101 Å². The molecule has 0 aromatic heterocycles. The van der Waals surface area contributed by atoms with Crippen molar-refractivity contribution in [1.82, 2.24) is 4.72 Å². The molecule has 23 heavy (non-hydrogen) atoms.